The van der Waals surface area contributed by atoms with Gasteiger partial charge in [0.25, 0.3) is 0 Å². The van der Waals surface area contributed by atoms with Crippen LogP contribution in [-0.2, 0) is 15.6 Å². The van der Waals surface area contributed by atoms with Gasteiger partial charge in [0.15, 0.2) is 5.65 Å². The van der Waals surface area contributed by atoms with Crippen molar-refractivity contribution in [1.29, 1.82) is 0 Å². The molecule has 2 heterocycles. The van der Waals surface area contributed by atoms with Gasteiger partial charge in [-0.1, -0.05) is 24.3 Å². The number of rotatable bonds is 6. The third kappa shape index (κ3) is 4.25. The first-order chi connectivity index (χ1) is 13.1. The van der Waals surface area contributed by atoms with Crippen LogP contribution in [0.3, 0.4) is 0 Å². The molecule has 0 N–H and O–H groups in total. The van der Waals surface area contributed by atoms with E-state index in [0.29, 0.717) is 16.8 Å². The average molecular weight is 402 g/mol. The molecule has 0 aliphatic heterocycles. The van der Waals surface area contributed by atoms with Crippen LogP contribution < -0.4 is 0 Å². The normalized spacial score (nSPS) is 13.8. The summed E-state index contributed by atoms with van der Waals surface area (Å²) in [6.45, 7) is 0.152. The van der Waals surface area contributed by atoms with E-state index in [1.165, 1.54) is 19.3 Å². The van der Waals surface area contributed by atoms with E-state index in [1.807, 2.05) is 0 Å². The van der Waals surface area contributed by atoms with Crippen molar-refractivity contribution in [2.24, 2.45) is 0 Å². The van der Waals surface area contributed by atoms with E-state index in [1.54, 1.807) is 24.3 Å². The standard InChI is InChI=1S/C17H15F5N4O2/c1-10(28-9-16(18,19)20)11-3-5-12(6-4-11)13-8-26-14(7-23-13)24-25-15(26)17(21,22)27-2/h3-8,10H,9H2,1-2H3/t10-/m0/s1. The van der Waals surface area contributed by atoms with E-state index in [0.717, 1.165) is 11.5 Å². The third-order valence-electron chi connectivity index (χ3n) is 3.98. The van der Waals surface area contributed by atoms with Crippen molar-refractivity contribution in [3.8, 4) is 11.3 Å². The van der Waals surface area contributed by atoms with Gasteiger partial charge in [-0.05, 0) is 12.5 Å². The first kappa shape index (κ1) is 20.1. The molecular weight excluding hydrogens is 387 g/mol. The van der Waals surface area contributed by atoms with Crippen LogP contribution in [0.2, 0.25) is 0 Å². The molecule has 0 saturated carbocycles. The van der Waals surface area contributed by atoms with Crippen LogP contribution in [0.4, 0.5) is 22.0 Å². The van der Waals surface area contributed by atoms with Crippen LogP contribution >= 0.6 is 0 Å². The summed E-state index contributed by atoms with van der Waals surface area (Å²) < 4.78 is 74.4. The first-order valence-electron chi connectivity index (χ1n) is 8.03. The summed E-state index contributed by atoms with van der Waals surface area (Å²) in [6, 6.07) is 6.38. The fourth-order valence-corrected chi connectivity index (χ4v) is 2.48. The van der Waals surface area contributed by atoms with E-state index in [9.17, 15) is 22.0 Å². The summed E-state index contributed by atoms with van der Waals surface area (Å²) in [5.41, 5.74) is 1.55. The maximum Gasteiger partial charge on any atom is 0.417 e. The first-order valence-corrected chi connectivity index (χ1v) is 8.03. The second kappa shape index (κ2) is 7.40. The minimum absolute atomic E-state index is 0.112. The number of benzene rings is 1. The van der Waals surface area contributed by atoms with Gasteiger partial charge in [-0.2, -0.15) is 22.0 Å². The molecule has 0 aliphatic rings. The van der Waals surface area contributed by atoms with Gasteiger partial charge in [-0.25, -0.2) is 0 Å². The second-order valence-electron chi connectivity index (χ2n) is 5.94. The summed E-state index contributed by atoms with van der Waals surface area (Å²) in [4.78, 5) is 4.15. The maximum absolute atomic E-state index is 13.8. The van der Waals surface area contributed by atoms with Gasteiger partial charge in [0.05, 0.1) is 18.0 Å². The Labute approximate surface area is 155 Å². The molecule has 0 unspecified atom stereocenters. The lowest BCUT2D eigenvalue weighted by atomic mass is 10.1. The Hall–Kier alpha value is -2.66. The highest BCUT2D eigenvalue weighted by Crippen LogP contribution is 2.29. The Kier molecular flexibility index (Phi) is 5.31. The molecule has 0 amide bonds. The predicted molar refractivity (Wildman–Crippen MR) is 87.5 cm³/mol. The molecule has 0 saturated heterocycles. The summed E-state index contributed by atoms with van der Waals surface area (Å²) in [5.74, 6) is -0.695. The number of fused-ring (bicyclic) bond motifs is 1. The van der Waals surface area contributed by atoms with Gasteiger partial charge in [0, 0.05) is 18.9 Å². The number of methoxy groups -OCH3 is 1. The topological polar surface area (TPSA) is 61.5 Å². The van der Waals surface area contributed by atoms with Gasteiger partial charge in [-0.3, -0.25) is 9.38 Å². The van der Waals surface area contributed by atoms with Gasteiger partial charge < -0.3 is 9.47 Å². The molecule has 1 aromatic carbocycles. The van der Waals surface area contributed by atoms with Gasteiger partial charge in [0.2, 0.25) is 5.82 Å². The van der Waals surface area contributed by atoms with Crippen LogP contribution in [0.1, 0.15) is 24.4 Å². The molecule has 6 nitrogen and oxygen atoms in total. The van der Waals surface area contributed by atoms with Crippen molar-refractivity contribution < 1.29 is 31.4 Å². The number of hydrogen-bond donors (Lipinski definition) is 0. The van der Waals surface area contributed by atoms with Gasteiger partial charge in [0.1, 0.15) is 6.61 Å². The number of nitrogens with zero attached hydrogens (tertiary/aromatic N) is 4. The quantitative estimate of drug-likeness (QED) is 0.581. The zero-order valence-electron chi connectivity index (χ0n) is 14.7. The molecule has 150 valence electrons. The van der Waals surface area contributed by atoms with Crippen molar-refractivity contribution in [3.63, 3.8) is 0 Å². The number of ether oxygens (including phenoxy) is 2. The molecule has 3 aromatic rings. The molecule has 0 radical (unpaired) electrons. The lowest BCUT2D eigenvalue weighted by Gasteiger charge is -2.15. The summed E-state index contributed by atoms with van der Waals surface area (Å²) in [7, 11) is 0.851. The Morgan fingerprint density at radius 2 is 1.75 bits per heavy atom. The predicted octanol–water partition coefficient (Wildman–Crippen LogP) is 4.13. The highest BCUT2D eigenvalue weighted by atomic mass is 19.4. The van der Waals surface area contributed by atoms with E-state index in [-0.39, 0.29) is 5.65 Å². The summed E-state index contributed by atoms with van der Waals surface area (Å²) >= 11 is 0. The lowest BCUT2D eigenvalue weighted by Crippen LogP contribution is -2.19. The molecule has 0 fully saturated rings. The van der Waals surface area contributed by atoms with E-state index in [2.05, 4.69) is 19.9 Å². The minimum Gasteiger partial charge on any atom is -0.364 e. The molecule has 28 heavy (non-hydrogen) atoms. The van der Waals surface area contributed by atoms with Crippen molar-refractivity contribution >= 4 is 5.65 Å². The van der Waals surface area contributed by atoms with E-state index < -0.39 is 30.8 Å². The molecule has 3 rings (SSSR count). The van der Waals surface area contributed by atoms with E-state index >= 15 is 0 Å². The molecule has 1 atom stereocenters. The molecule has 2 aromatic heterocycles. The van der Waals surface area contributed by atoms with Gasteiger partial charge >= 0.3 is 12.3 Å². The highest BCUT2D eigenvalue weighted by Gasteiger charge is 2.37. The molecule has 0 aliphatic carbocycles. The zero-order chi connectivity index (χ0) is 20.5. The summed E-state index contributed by atoms with van der Waals surface area (Å²) in [5, 5.41) is 7.07. The highest BCUT2D eigenvalue weighted by molar-refractivity contribution is 5.60. The Morgan fingerprint density at radius 1 is 1.07 bits per heavy atom. The van der Waals surface area contributed by atoms with Crippen LogP contribution in [0, 0.1) is 0 Å². The van der Waals surface area contributed by atoms with Crippen LogP contribution in [0.5, 0.6) is 0 Å². The Bertz CT molecular complexity index is 956. The smallest absolute Gasteiger partial charge is 0.364 e. The van der Waals surface area contributed by atoms with Crippen molar-refractivity contribution in [3.05, 3.63) is 48.0 Å². The lowest BCUT2D eigenvalue weighted by molar-refractivity contribution is -0.237. The van der Waals surface area contributed by atoms with Gasteiger partial charge in [-0.15, -0.1) is 10.2 Å². The number of aromatic nitrogens is 4. The number of halogens is 5. The van der Waals surface area contributed by atoms with Crippen LogP contribution in [0.25, 0.3) is 16.9 Å². The summed E-state index contributed by atoms with van der Waals surface area (Å²) in [6.07, 6.45) is -6.20. The van der Waals surface area contributed by atoms with Crippen molar-refractivity contribution in [1.82, 2.24) is 19.6 Å². The SMILES string of the molecule is COC(F)(F)c1nnc2cnc(-c3ccc([C@H](C)OCC(F)(F)F)cc3)cn12. The molecule has 0 spiro atoms. The van der Waals surface area contributed by atoms with Crippen molar-refractivity contribution in [2.75, 3.05) is 13.7 Å². The third-order valence-corrected chi connectivity index (χ3v) is 3.98. The maximum atomic E-state index is 13.8. The van der Waals surface area contributed by atoms with E-state index in [4.69, 9.17) is 4.74 Å². The zero-order valence-corrected chi connectivity index (χ0v) is 14.7. The fourth-order valence-electron chi connectivity index (χ4n) is 2.48. The average Bonchev–Trinajstić information content (AvgIpc) is 3.09. The Balaban J connectivity index is 1.86. The minimum atomic E-state index is -4.41. The molecule has 0 bridgehead atoms. The monoisotopic (exact) mass is 402 g/mol. The largest absolute Gasteiger partial charge is 0.417 e. The second-order valence-corrected chi connectivity index (χ2v) is 5.94. The fraction of sp³-hybridized carbons (Fsp3) is 0.353. The number of hydrogen-bond acceptors (Lipinski definition) is 5. The number of alkyl halides is 5. The van der Waals surface area contributed by atoms with Crippen LogP contribution in [0.15, 0.2) is 36.7 Å². The van der Waals surface area contributed by atoms with Crippen LogP contribution in [-0.4, -0.2) is 39.5 Å². The molecule has 11 heteroatoms. The van der Waals surface area contributed by atoms with Crippen molar-refractivity contribution in [2.45, 2.75) is 25.3 Å². The Morgan fingerprint density at radius 3 is 2.36 bits per heavy atom. The molecular formula is C17H15F5N4O2.